The number of aromatic nitrogens is 1. The molecule has 0 aromatic carbocycles. The van der Waals surface area contributed by atoms with Gasteiger partial charge in [-0.3, -0.25) is 4.79 Å². The maximum absolute atomic E-state index is 12.9. The van der Waals surface area contributed by atoms with Crippen molar-refractivity contribution in [3.63, 3.8) is 0 Å². The summed E-state index contributed by atoms with van der Waals surface area (Å²) in [5, 5.41) is 3.74. The zero-order chi connectivity index (χ0) is 17.9. The van der Waals surface area contributed by atoms with E-state index in [1.54, 1.807) is 18.7 Å². The Balaban J connectivity index is 2.15. The molecule has 136 valence electrons. The van der Waals surface area contributed by atoms with Gasteiger partial charge in [0.15, 0.2) is 5.76 Å². The van der Waals surface area contributed by atoms with Crippen LogP contribution in [0.3, 0.4) is 0 Å². The van der Waals surface area contributed by atoms with Crippen molar-refractivity contribution in [3.8, 4) is 0 Å². The fraction of sp³-hybridized carbons (Fsp3) is 0.750. The quantitative estimate of drug-likeness (QED) is 0.804. The Morgan fingerprint density at radius 3 is 2.38 bits per heavy atom. The summed E-state index contributed by atoms with van der Waals surface area (Å²) in [4.78, 5) is 14.5. The molecule has 0 atom stereocenters. The van der Waals surface area contributed by atoms with Gasteiger partial charge < -0.3 is 9.42 Å². The molecular weight excluding hydrogens is 330 g/mol. The summed E-state index contributed by atoms with van der Waals surface area (Å²) >= 11 is 0. The summed E-state index contributed by atoms with van der Waals surface area (Å²) in [6, 6.07) is 0. The molecule has 1 aliphatic rings. The minimum atomic E-state index is -3.64. The third-order valence-electron chi connectivity index (χ3n) is 4.67. The van der Waals surface area contributed by atoms with E-state index in [0.717, 1.165) is 12.8 Å². The first kappa shape index (κ1) is 18.9. The zero-order valence-electron chi connectivity index (χ0n) is 14.9. The predicted molar refractivity (Wildman–Crippen MR) is 90.0 cm³/mol. The van der Waals surface area contributed by atoms with E-state index in [4.69, 9.17) is 4.52 Å². The van der Waals surface area contributed by atoms with Gasteiger partial charge in [-0.05, 0) is 33.1 Å². The van der Waals surface area contributed by atoms with E-state index in [9.17, 15) is 13.2 Å². The van der Waals surface area contributed by atoms with Crippen LogP contribution in [0.5, 0.6) is 0 Å². The van der Waals surface area contributed by atoms with E-state index in [0.29, 0.717) is 44.1 Å². The molecule has 0 N–H and O–H groups in total. The van der Waals surface area contributed by atoms with Gasteiger partial charge >= 0.3 is 0 Å². The van der Waals surface area contributed by atoms with Crippen molar-refractivity contribution >= 4 is 15.9 Å². The number of carbonyl (C=O) groups is 1. The van der Waals surface area contributed by atoms with Crippen LogP contribution in [0.15, 0.2) is 9.42 Å². The lowest BCUT2D eigenvalue weighted by Crippen LogP contribution is -2.40. The van der Waals surface area contributed by atoms with Gasteiger partial charge in [-0.1, -0.05) is 19.0 Å². The van der Waals surface area contributed by atoms with Crippen molar-refractivity contribution in [2.75, 3.05) is 26.2 Å². The van der Waals surface area contributed by atoms with Crippen LogP contribution in [0.1, 0.15) is 44.6 Å². The maximum atomic E-state index is 12.9. The number of amides is 1. The van der Waals surface area contributed by atoms with Crippen LogP contribution in [0.2, 0.25) is 0 Å². The first-order chi connectivity index (χ1) is 11.3. The highest BCUT2D eigenvalue weighted by atomic mass is 32.2. The monoisotopic (exact) mass is 357 g/mol. The fourth-order valence-corrected chi connectivity index (χ4v) is 4.98. The standard InChI is InChI=1S/C16H27N3O4S/c1-5-14(6-2)16(20)18-8-7-9-19(11-10-18)24(21,22)15-12(3)17-23-13(15)4/h14H,5-11H2,1-4H3. The molecule has 0 spiro atoms. The van der Waals surface area contributed by atoms with Gasteiger partial charge in [-0.2, -0.15) is 4.31 Å². The number of rotatable bonds is 5. The number of aryl methyl sites for hydroxylation is 2. The molecule has 2 heterocycles. The van der Waals surface area contributed by atoms with Crippen molar-refractivity contribution in [2.24, 2.45) is 5.92 Å². The van der Waals surface area contributed by atoms with Crippen LogP contribution in [0, 0.1) is 19.8 Å². The molecule has 8 heteroatoms. The molecule has 0 radical (unpaired) electrons. The first-order valence-electron chi connectivity index (χ1n) is 8.54. The summed E-state index contributed by atoms with van der Waals surface area (Å²) in [5.74, 6) is 0.467. The summed E-state index contributed by atoms with van der Waals surface area (Å²) in [6.45, 7) is 8.99. The molecule has 0 aliphatic carbocycles. The molecule has 1 saturated heterocycles. The van der Waals surface area contributed by atoms with Crippen molar-refractivity contribution < 1.29 is 17.7 Å². The average Bonchev–Trinajstić information content (AvgIpc) is 2.76. The van der Waals surface area contributed by atoms with E-state index in [-0.39, 0.29) is 16.7 Å². The smallest absolute Gasteiger partial charge is 0.248 e. The van der Waals surface area contributed by atoms with Gasteiger partial charge in [0, 0.05) is 32.1 Å². The van der Waals surface area contributed by atoms with Gasteiger partial charge in [0.05, 0.1) is 0 Å². The predicted octanol–water partition coefficient (Wildman–Crippen LogP) is 1.95. The molecule has 1 aromatic heterocycles. The largest absolute Gasteiger partial charge is 0.360 e. The highest BCUT2D eigenvalue weighted by Gasteiger charge is 2.33. The fourth-order valence-electron chi connectivity index (χ4n) is 3.22. The van der Waals surface area contributed by atoms with Crippen LogP contribution in [0.4, 0.5) is 0 Å². The molecular formula is C16H27N3O4S. The maximum Gasteiger partial charge on any atom is 0.248 e. The second-order valence-corrected chi connectivity index (χ2v) is 8.12. The van der Waals surface area contributed by atoms with E-state index in [1.165, 1.54) is 4.31 Å². The highest BCUT2D eigenvalue weighted by Crippen LogP contribution is 2.24. The van der Waals surface area contributed by atoms with Crippen molar-refractivity contribution in [1.29, 1.82) is 0 Å². The van der Waals surface area contributed by atoms with E-state index >= 15 is 0 Å². The lowest BCUT2D eigenvalue weighted by atomic mass is 10.0. The molecule has 7 nitrogen and oxygen atoms in total. The van der Waals surface area contributed by atoms with E-state index < -0.39 is 10.0 Å². The lowest BCUT2D eigenvalue weighted by Gasteiger charge is -2.25. The third-order valence-corrected chi connectivity index (χ3v) is 6.81. The Bertz CT molecular complexity index is 660. The van der Waals surface area contributed by atoms with Gasteiger partial charge in [0.2, 0.25) is 15.9 Å². The minimum Gasteiger partial charge on any atom is -0.360 e. The van der Waals surface area contributed by atoms with Crippen LogP contribution in [-0.2, 0) is 14.8 Å². The van der Waals surface area contributed by atoms with Crippen molar-refractivity contribution in [3.05, 3.63) is 11.5 Å². The Morgan fingerprint density at radius 1 is 1.17 bits per heavy atom. The molecule has 0 unspecified atom stereocenters. The number of hydrogen-bond acceptors (Lipinski definition) is 5. The van der Waals surface area contributed by atoms with Crippen LogP contribution in [-0.4, -0.2) is 54.9 Å². The molecule has 0 saturated carbocycles. The van der Waals surface area contributed by atoms with Crippen molar-refractivity contribution in [1.82, 2.24) is 14.4 Å². The topological polar surface area (TPSA) is 83.7 Å². The SMILES string of the molecule is CCC(CC)C(=O)N1CCCN(S(=O)(=O)c2c(C)noc2C)CC1. The number of hydrogen-bond donors (Lipinski definition) is 0. The Labute approximate surface area is 144 Å². The number of sulfonamides is 1. The highest BCUT2D eigenvalue weighted by molar-refractivity contribution is 7.89. The van der Waals surface area contributed by atoms with Crippen LogP contribution < -0.4 is 0 Å². The zero-order valence-corrected chi connectivity index (χ0v) is 15.7. The number of nitrogens with zero attached hydrogens (tertiary/aromatic N) is 3. The Morgan fingerprint density at radius 2 is 1.83 bits per heavy atom. The second kappa shape index (κ2) is 7.65. The molecule has 1 aromatic rings. The molecule has 1 fully saturated rings. The van der Waals surface area contributed by atoms with Crippen LogP contribution >= 0.6 is 0 Å². The van der Waals surface area contributed by atoms with Gasteiger partial charge in [0.1, 0.15) is 10.6 Å². The van der Waals surface area contributed by atoms with Gasteiger partial charge in [-0.15, -0.1) is 0 Å². The molecule has 2 rings (SSSR count). The molecule has 1 aliphatic heterocycles. The van der Waals surface area contributed by atoms with Gasteiger partial charge in [-0.25, -0.2) is 8.42 Å². The average molecular weight is 357 g/mol. The summed E-state index contributed by atoms with van der Waals surface area (Å²) in [5.41, 5.74) is 0.377. The van der Waals surface area contributed by atoms with E-state index in [1.807, 2.05) is 13.8 Å². The normalized spacial score (nSPS) is 17.3. The minimum absolute atomic E-state index is 0.0238. The summed E-state index contributed by atoms with van der Waals surface area (Å²) < 4.78 is 32.2. The van der Waals surface area contributed by atoms with Gasteiger partial charge in [0.25, 0.3) is 0 Å². The van der Waals surface area contributed by atoms with E-state index in [2.05, 4.69) is 5.16 Å². The second-order valence-electron chi connectivity index (χ2n) is 6.25. The Kier molecular flexibility index (Phi) is 6.03. The molecule has 0 bridgehead atoms. The third kappa shape index (κ3) is 3.64. The Hall–Kier alpha value is -1.41. The van der Waals surface area contributed by atoms with Crippen LogP contribution in [0.25, 0.3) is 0 Å². The first-order valence-corrected chi connectivity index (χ1v) is 9.98. The summed E-state index contributed by atoms with van der Waals surface area (Å²) in [6.07, 6.45) is 2.26. The molecule has 24 heavy (non-hydrogen) atoms. The summed E-state index contributed by atoms with van der Waals surface area (Å²) in [7, 11) is -3.64. The molecule has 1 amide bonds. The van der Waals surface area contributed by atoms with Crippen molar-refractivity contribution in [2.45, 2.75) is 51.9 Å². The number of carbonyl (C=O) groups excluding carboxylic acids is 1. The lowest BCUT2D eigenvalue weighted by molar-refractivity contribution is -0.135.